The standard InChI is InChI=1S/C17H24IN3/c1-5-15-17(12(3)19-4)16(6-2)21(20-15)11-13-7-9-14(18)10-8-13/h7-10,12,19H,5-6,11H2,1-4H3. The summed E-state index contributed by atoms with van der Waals surface area (Å²) in [4.78, 5) is 0. The molecule has 0 aliphatic heterocycles. The Hall–Kier alpha value is -0.880. The molecule has 0 saturated carbocycles. The monoisotopic (exact) mass is 397 g/mol. The average Bonchev–Trinajstić information content (AvgIpc) is 2.86. The van der Waals surface area contributed by atoms with Crippen LogP contribution in [0.4, 0.5) is 0 Å². The first kappa shape index (κ1) is 16.5. The van der Waals surface area contributed by atoms with Crippen LogP contribution in [0.3, 0.4) is 0 Å². The lowest BCUT2D eigenvalue weighted by Crippen LogP contribution is -2.15. The lowest BCUT2D eigenvalue weighted by Gasteiger charge is -2.13. The number of benzene rings is 1. The summed E-state index contributed by atoms with van der Waals surface area (Å²) in [6, 6.07) is 9.04. The van der Waals surface area contributed by atoms with Gasteiger partial charge in [0.1, 0.15) is 0 Å². The minimum absolute atomic E-state index is 0.348. The first-order valence-electron chi connectivity index (χ1n) is 7.60. The van der Waals surface area contributed by atoms with Crippen LogP contribution in [0.1, 0.15) is 49.3 Å². The first-order chi connectivity index (χ1) is 10.1. The molecule has 2 aromatic rings. The molecular formula is C17H24IN3. The fraction of sp³-hybridized carbons (Fsp3) is 0.471. The molecule has 0 aliphatic rings. The van der Waals surface area contributed by atoms with Gasteiger partial charge in [0.15, 0.2) is 0 Å². The molecule has 4 heteroatoms. The number of aromatic nitrogens is 2. The van der Waals surface area contributed by atoms with Crippen molar-refractivity contribution in [3.05, 3.63) is 50.4 Å². The van der Waals surface area contributed by atoms with E-state index < -0.39 is 0 Å². The molecule has 1 atom stereocenters. The zero-order valence-electron chi connectivity index (χ0n) is 13.3. The lowest BCUT2D eigenvalue weighted by molar-refractivity contribution is 0.620. The van der Waals surface area contributed by atoms with Gasteiger partial charge in [0, 0.05) is 20.9 Å². The predicted molar refractivity (Wildman–Crippen MR) is 96.7 cm³/mol. The number of halogens is 1. The fourth-order valence-corrected chi connectivity index (χ4v) is 3.10. The molecule has 3 nitrogen and oxygen atoms in total. The van der Waals surface area contributed by atoms with Crippen LogP contribution in [0.5, 0.6) is 0 Å². The van der Waals surface area contributed by atoms with Crippen molar-refractivity contribution in [2.45, 2.75) is 46.2 Å². The molecule has 0 radical (unpaired) electrons. The molecule has 2 rings (SSSR count). The third-order valence-electron chi connectivity index (χ3n) is 3.96. The summed E-state index contributed by atoms with van der Waals surface area (Å²) < 4.78 is 3.45. The van der Waals surface area contributed by atoms with E-state index in [4.69, 9.17) is 5.10 Å². The smallest absolute Gasteiger partial charge is 0.0672 e. The number of hydrogen-bond acceptors (Lipinski definition) is 2. The Morgan fingerprint density at radius 2 is 1.86 bits per heavy atom. The van der Waals surface area contributed by atoms with Gasteiger partial charge in [0.25, 0.3) is 0 Å². The maximum atomic E-state index is 4.86. The molecule has 0 saturated heterocycles. The summed E-state index contributed by atoms with van der Waals surface area (Å²) >= 11 is 2.34. The van der Waals surface area contributed by atoms with Crippen LogP contribution in [0, 0.1) is 3.57 Å². The minimum atomic E-state index is 0.348. The summed E-state index contributed by atoms with van der Waals surface area (Å²) in [5.74, 6) is 0. The Morgan fingerprint density at radius 3 is 2.38 bits per heavy atom. The van der Waals surface area contributed by atoms with Crippen molar-refractivity contribution in [3.8, 4) is 0 Å². The van der Waals surface area contributed by atoms with Crippen LogP contribution in [-0.4, -0.2) is 16.8 Å². The SMILES string of the molecule is CCc1nn(Cc2ccc(I)cc2)c(CC)c1C(C)NC. The summed E-state index contributed by atoms with van der Waals surface area (Å²) in [6.45, 7) is 7.46. The molecule has 1 aromatic heterocycles. The number of nitrogens with zero attached hydrogens (tertiary/aromatic N) is 2. The second-order valence-electron chi connectivity index (χ2n) is 5.31. The van der Waals surface area contributed by atoms with Gasteiger partial charge in [-0.15, -0.1) is 0 Å². The molecule has 21 heavy (non-hydrogen) atoms. The summed E-state index contributed by atoms with van der Waals surface area (Å²) in [5, 5.41) is 8.22. The van der Waals surface area contributed by atoms with E-state index in [0.29, 0.717) is 6.04 Å². The molecule has 1 N–H and O–H groups in total. The van der Waals surface area contributed by atoms with Crippen LogP contribution < -0.4 is 5.32 Å². The first-order valence-corrected chi connectivity index (χ1v) is 8.68. The molecule has 1 unspecified atom stereocenters. The van der Waals surface area contributed by atoms with Gasteiger partial charge >= 0.3 is 0 Å². The maximum absolute atomic E-state index is 4.86. The number of aryl methyl sites for hydroxylation is 1. The maximum Gasteiger partial charge on any atom is 0.0672 e. The van der Waals surface area contributed by atoms with Crippen LogP contribution in [-0.2, 0) is 19.4 Å². The van der Waals surface area contributed by atoms with Crippen molar-refractivity contribution < 1.29 is 0 Å². The number of nitrogens with one attached hydrogen (secondary N) is 1. The van der Waals surface area contributed by atoms with E-state index in [2.05, 4.69) is 77.6 Å². The molecule has 0 spiro atoms. The van der Waals surface area contributed by atoms with Crippen LogP contribution in [0.15, 0.2) is 24.3 Å². The minimum Gasteiger partial charge on any atom is -0.313 e. The lowest BCUT2D eigenvalue weighted by atomic mass is 10.0. The molecule has 0 fully saturated rings. The number of hydrogen-bond donors (Lipinski definition) is 1. The van der Waals surface area contributed by atoms with Crippen molar-refractivity contribution in [1.29, 1.82) is 0 Å². The van der Waals surface area contributed by atoms with Gasteiger partial charge in [0.05, 0.1) is 12.2 Å². The van der Waals surface area contributed by atoms with Crippen LogP contribution in [0.25, 0.3) is 0 Å². The highest BCUT2D eigenvalue weighted by molar-refractivity contribution is 14.1. The Morgan fingerprint density at radius 1 is 1.19 bits per heavy atom. The normalized spacial score (nSPS) is 12.6. The summed E-state index contributed by atoms with van der Waals surface area (Å²) in [7, 11) is 2.01. The average molecular weight is 397 g/mol. The van der Waals surface area contributed by atoms with E-state index in [1.54, 1.807) is 0 Å². The quantitative estimate of drug-likeness (QED) is 0.749. The molecular weight excluding hydrogens is 373 g/mol. The van der Waals surface area contributed by atoms with Crippen molar-refractivity contribution >= 4 is 22.6 Å². The highest BCUT2D eigenvalue weighted by Crippen LogP contribution is 2.24. The van der Waals surface area contributed by atoms with E-state index in [0.717, 1.165) is 19.4 Å². The van der Waals surface area contributed by atoms with Crippen LogP contribution >= 0.6 is 22.6 Å². The molecule has 0 aliphatic carbocycles. The third-order valence-corrected chi connectivity index (χ3v) is 4.68. The van der Waals surface area contributed by atoms with Crippen molar-refractivity contribution in [3.63, 3.8) is 0 Å². The molecule has 114 valence electrons. The van der Waals surface area contributed by atoms with Gasteiger partial charge in [-0.2, -0.15) is 5.10 Å². The van der Waals surface area contributed by atoms with Gasteiger partial charge in [0.2, 0.25) is 0 Å². The molecule has 1 heterocycles. The van der Waals surface area contributed by atoms with Crippen molar-refractivity contribution in [1.82, 2.24) is 15.1 Å². The third kappa shape index (κ3) is 3.66. The van der Waals surface area contributed by atoms with E-state index >= 15 is 0 Å². The van der Waals surface area contributed by atoms with E-state index in [-0.39, 0.29) is 0 Å². The highest BCUT2D eigenvalue weighted by atomic mass is 127. The highest BCUT2D eigenvalue weighted by Gasteiger charge is 2.19. The van der Waals surface area contributed by atoms with E-state index in [9.17, 15) is 0 Å². The summed E-state index contributed by atoms with van der Waals surface area (Å²) in [6.07, 6.45) is 1.99. The Balaban J connectivity index is 2.39. The van der Waals surface area contributed by atoms with Crippen molar-refractivity contribution in [2.75, 3.05) is 7.05 Å². The predicted octanol–water partition coefficient (Wildman–Crippen LogP) is 3.94. The zero-order chi connectivity index (χ0) is 15.4. The molecule has 0 amide bonds. The Bertz CT molecular complexity index is 587. The van der Waals surface area contributed by atoms with Gasteiger partial charge in [-0.1, -0.05) is 26.0 Å². The second kappa shape index (κ2) is 7.40. The summed E-state index contributed by atoms with van der Waals surface area (Å²) in [5.41, 5.74) is 5.26. The number of rotatable bonds is 6. The fourth-order valence-electron chi connectivity index (χ4n) is 2.74. The molecule has 1 aromatic carbocycles. The van der Waals surface area contributed by atoms with Gasteiger partial charge in [-0.25, -0.2) is 0 Å². The molecule has 0 bridgehead atoms. The van der Waals surface area contributed by atoms with Crippen molar-refractivity contribution in [2.24, 2.45) is 0 Å². The largest absolute Gasteiger partial charge is 0.313 e. The Kier molecular flexibility index (Phi) is 5.81. The topological polar surface area (TPSA) is 29.9 Å². The van der Waals surface area contributed by atoms with Gasteiger partial charge in [-0.3, -0.25) is 4.68 Å². The van der Waals surface area contributed by atoms with E-state index in [1.807, 2.05) is 7.05 Å². The van der Waals surface area contributed by atoms with E-state index in [1.165, 1.54) is 26.1 Å². The zero-order valence-corrected chi connectivity index (χ0v) is 15.4. The van der Waals surface area contributed by atoms with Crippen LogP contribution in [0.2, 0.25) is 0 Å². The van der Waals surface area contributed by atoms with Gasteiger partial charge in [-0.05, 0) is 67.1 Å². The van der Waals surface area contributed by atoms with Gasteiger partial charge < -0.3 is 5.32 Å². The Labute approximate surface area is 141 Å². The second-order valence-corrected chi connectivity index (χ2v) is 6.55.